The SMILES string of the molecule is [N-]=[N+]=NCCOCCOCC#CCOc1[nH+]c(N)nc2nc[nH]c12. The third-order valence-corrected chi connectivity index (χ3v) is 2.67. The van der Waals surface area contributed by atoms with Crippen LogP contribution in [0.3, 0.4) is 0 Å². The van der Waals surface area contributed by atoms with Crippen LogP contribution in [-0.2, 0) is 9.47 Å². The lowest BCUT2D eigenvalue weighted by atomic mass is 10.5. The Kier molecular flexibility index (Phi) is 7.10. The maximum atomic E-state index is 8.07. The Morgan fingerprint density at radius 3 is 3.00 bits per heavy atom. The van der Waals surface area contributed by atoms with E-state index in [0.717, 1.165) is 0 Å². The van der Waals surface area contributed by atoms with Crippen molar-refractivity contribution in [2.75, 3.05) is 45.3 Å². The molecule has 11 heteroatoms. The van der Waals surface area contributed by atoms with Crippen LogP contribution in [0.25, 0.3) is 21.6 Å². The average molecular weight is 333 g/mol. The summed E-state index contributed by atoms with van der Waals surface area (Å²) in [5, 5.41) is 3.34. The molecule has 11 nitrogen and oxygen atoms in total. The quantitative estimate of drug-likeness (QED) is 0.217. The molecule has 0 fully saturated rings. The van der Waals surface area contributed by atoms with Crippen molar-refractivity contribution in [1.82, 2.24) is 15.0 Å². The lowest BCUT2D eigenvalue weighted by Gasteiger charge is -2.01. The standard InChI is InChI=1S/C13H16N8O3/c14-13-19-11-10(16-9-17-11)12(20-13)24-5-2-1-4-22-7-8-23-6-3-18-21-15/h9H,3-8H2,(H3,14,16,17,19,20)/p+1. The largest absolute Gasteiger partial charge is 0.453 e. The fraction of sp³-hybridized carbons (Fsp3) is 0.462. The summed E-state index contributed by atoms with van der Waals surface area (Å²) in [6.07, 6.45) is 1.51. The van der Waals surface area contributed by atoms with Crippen molar-refractivity contribution >= 4 is 17.1 Å². The molecule has 0 spiro atoms. The molecule has 0 amide bonds. The van der Waals surface area contributed by atoms with E-state index in [2.05, 4.69) is 41.8 Å². The Bertz CT molecular complexity index is 759. The molecule has 0 aliphatic rings. The number of hydrogen-bond acceptors (Lipinski definition) is 7. The highest BCUT2D eigenvalue weighted by Crippen LogP contribution is 2.15. The number of nitrogens with one attached hydrogen (secondary N) is 2. The predicted molar refractivity (Wildman–Crippen MR) is 83.8 cm³/mol. The van der Waals surface area contributed by atoms with E-state index in [0.29, 0.717) is 43.4 Å². The van der Waals surface area contributed by atoms with Crippen LogP contribution >= 0.6 is 0 Å². The molecule has 2 rings (SSSR count). The van der Waals surface area contributed by atoms with E-state index in [1.54, 1.807) is 0 Å². The maximum absolute atomic E-state index is 8.07. The van der Waals surface area contributed by atoms with Crippen molar-refractivity contribution in [3.8, 4) is 17.7 Å². The number of ether oxygens (including phenoxy) is 3. The maximum Gasteiger partial charge on any atom is 0.392 e. The Labute approximate surface area is 137 Å². The first-order chi connectivity index (χ1) is 11.8. The topological polar surface area (TPSA) is 158 Å². The van der Waals surface area contributed by atoms with Crippen molar-refractivity contribution in [2.24, 2.45) is 5.11 Å². The summed E-state index contributed by atoms with van der Waals surface area (Å²) in [6, 6.07) is 0. The van der Waals surface area contributed by atoms with Gasteiger partial charge in [0.2, 0.25) is 0 Å². The Morgan fingerprint density at radius 2 is 2.12 bits per heavy atom. The summed E-state index contributed by atoms with van der Waals surface area (Å²) in [6.45, 7) is 1.95. The summed E-state index contributed by atoms with van der Waals surface area (Å²) in [7, 11) is 0. The Hall–Kier alpha value is -3.06. The molecule has 0 unspecified atom stereocenters. The molecule has 24 heavy (non-hydrogen) atoms. The minimum atomic E-state index is 0.167. The number of azide groups is 1. The van der Waals surface area contributed by atoms with E-state index < -0.39 is 0 Å². The van der Waals surface area contributed by atoms with E-state index in [1.807, 2.05) is 0 Å². The van der Waals surface area contributed by atoms with Gasteiger partial charge in [0.15, 0.2) is 12.1 Å². The zero-order chi connectivity index (χ0) is 17.0. The number of aromatic amines is 2. The zero-order valence-electron chi connectivity index (χ0n) is 12.9. The van der Waals surface area contributed by atoms with Crippen molar-refractivity contribution < 1.29 is 19.2 Å². The summed E-state index contributed by atoms with van der Waals surface area (Å²) in [5.74, 6) is 6.28. The van der Waals surface area contributed by atoms with Gasteiger partial charge in [0, 0.05) is 11.5 Å². The van der Waals surface area contributed by atoms with Gasteiger partial charge in [-0.15, -0.1) is 0 Å². The van der Waals surface area contributed by atoms with Gasteiger partial charge in [-0.25, -0.2) is 9.97 Å². The van der Waals surface area contributed by atoms with Gasteiger partial charge in [-0.1, -0.05) is 17.0 Å². The number of nitrogen functional groups attached to an aromatic ring is 1. The molecule has 2 aromatic rings. The summed E-state index contributed by atoms with van der Waals surface area (Å²) < 4.78 is 15.9. The van der Waals surface area contributed by atoms with Crippen LogP contribution in [0.15, 0.2) is 11.4 Å². The van der Waals surface area contributed by atoms with Crippen LogP contribution in [0.2, 0.25) is 0 Å². The first-order valence-electron chi connectivity index (χ1n) is 7.08. The van der Waals surface area contributed by atoms with Crippen molar-refractivity contribution in [1.29, 1.82) is 0 Å². The summed E-state index contributed by atoms with van der Waals surface area (Å²) in [5.41, 5.74) is 14.8. The molecule has 0 saturated heterocycles. The van der Waals surface area contributed by atoms with Crippen molar-refractivity contribution in [3.05, 3.63) is 16.8 Å². The van der Waals surface area contributed by atoms with Crippen LogP contribution < -0.4 is 15.5 Å². The van der Waals surface area contributed by atoms with Crippen LogP contribution in [0.1, 0.15) is 0 Å². The lowest BCUT2D eigenvalue weighted by Crippen LogP contribution is -2.17. The van der Waals surface area contributed by atoms with E-state index in [-0.39, 0.29) is 19.2 Å². The van der Waals surface area contributed by atoms with Gasteiger partial charge >= 0.3 is 5.95 Å². The molecule has 0 radical (unpaired) electrons. The van der Waals surface area contributed by atoms with Crippen LogP contribution in [-0.4, -0.2) is 54.5 Å². The monoisotopic (exact) mass is 333 g/mol. The molecule has 0 bridgehead atoms. The van der Waals surface area contributed by atoms with Gasteiger partial charge in [-0.3, -0.25) is 5.73 Å². The molecule has 4 N–H and O–H groups in total. The number of nitrogens with zero attached hydrogens (tertiary/aromatic N) is 5. The zero-order valence-corrected chi connectivity index (χ0v) is 12.9. The second-order valence-corrected chi connectivity index (χ2v) is 4.31. The molecular formula is C13H17N8O3+. The third-order valence-electron chi connectivity index (χ3n) is 2.67. The fourth-order valence-corrected chi connectivity index (χ4v) is 1.67. The van der Waals surface area contributed by atoms with E-state index in [4.69, 9.17) is 25.5 Å². The summed E-state index contributed by atoms with van der Waals surface area (Å²) in [4.78, 5) is 16.4. The van der Waals surface area contributed by atoms with Gasteiger partial charge in [-0.05, 0) is 10.5 Å². The lowest BCUT2D eigenvalue weighted by molar-refractivity contribution is -0.378. The number of imidazole rings is 1. The molecule has 0 saturated carbocycles. The highest BCUT2D eigenvalue weighted by atomic mass is 16.5. The van der Waals surface area contributed by atoms with Gasteiger partial charge < -0.3 is 19.2 Å². The second-order valence-electron chi connectivity index (χ2n) is 4.31. The number of rotatable bonds is 9. The second kappa shape index (κ2) is 9.86. The number of fused-ring (bicyclic) bond motifs is 1. The van der Waals surface area contributed by atoms with Crippen molar-refractivity contribution in [3.63, 3.8) is 0 Å². The highest BCUT2D eigenvalue weighted by molar-refractivity contribution is 5.74. The average Bonchev–Trinajstić information content (AvgIpc) is 3.04. The van der Waals surface area contributed by atoms with Gasteiger partial charge in [0.25, 0.3) is 11.5 Å². The van der Waals surface area contributed by atoms with E-state index in [1.165, 1.54) is 6.33 Å². The van der Waals surface area contributed by atoms with Crippen LogP contribution in [0.5, 0.6) is 5.88 Å². The highest BCUT2D eigenvalue weighted by Gasteiger charge is 2.13. The minimum absolute atomic E-state index is 0.167. The molecule has 2 aromatic heterocycles. The number of anilines is 1. The number of aromatic nitrogens is 4. The van der Waals surface area contributed by atoms with Gasteiger partial charge in [0.05, 0.1) is 26.1 Å². The van der Waals surface area contributed by atoms with Crippen molar-refractivity contribution in [2.45, 2.75) is 0 Å². The number of H-pyrrole nitrogens is 2. The summed E-state index contributed by atoms with van der Waals surface area (Å²) >= 11 is 0. The minimum Gasteiger partial charge on any atom is -0.453 e. The predicted octanol–water partition coefficient (Wildman–Crippen LogP) is 0.0799. The molecular weight excluding hydrogens is 316 g/mol. The third kappa shape index (κ3) is 5.62. The first-order valence-corrected chi connectivity index (χ1v) is 7.08. The number of nitrogens with two attached hydrogens (primary N) is 1. The molecule has 2 heterocycles. The van der Waals surface area contributed by atoms with Gasteiger partial charge in [-0.2, -0.15) is 0 Å². The molecule has 0 aliphatic heterocycles. The van der Waals surface area contributed by atoms with Crippen LogP contribution in [0.4, 0.5) is 5.95 Å². The Morgan fingerprint density at radius 1 is 1.29 bits per heavy atom. The Balaban J connectivity index is 1.62. The molecule has 126 valence electrons. The first kappa shape index (κ1) is 17.3. The molecule has 0 aliphatic carbocycles. The fourth-order valence-electron chi connectivity index (χ4n) is 1.67. The normalized spacial score (nSPS) is 10.0. The van der Waals surface area contributed by atoms with Crippen LogP contribution in [0, 0.1) is 11.8 Å². The van der Waals surface area contributed by atoms with E-state index >= 15 is 0 Å². The molecule has 0 atom stereocenters. The smallest absolute Gasteiger partial charge is 0.392 e. The number of hydrogen-bond donors (Lipinski definition) is 2. The van der Waals surface area contributed by atoms with E-state index in [9.17, 15) is 0 Å². The van der Waals surface area contributed by atoms with Gasteiger partial charge in [0.1, 0.15) is 6.61 Å². The molecule has 0 aromatic carbocycles.